The van der Waals surface area contributed by atoms with Crippen LogP contribution in [-0.2, 0) is 9.59 Å². The lowest BCUT2D eigenvalue weighted by atomic mass is 10.0. The van der Waals surface area contributed by atoms with Gasteiger partial charge in [-0.25, -0.2) is 4.39 Å². The first-order chi connectivity index (χ1) is 8.93. The number of benzene rings is 1. The Kier molecular flexibility index (Phi) is 5.48. The van der Waals surface area contributed by atoms with Gasteiger partial charge in [-0.05, 0) is 24.1 Å². The standard InChI is InChI=1S/C14H18FNO3/c1-3-9(2)14(19)16-12(8-13(17)18)10-4-6-11(15)7-5-10/h4-7,9,12H,3,8H2,1-2H3,(H,16,19)(H,17,18). The zero-order valence-electron chi connectivity index (χ0n) is 11.0. The number of aliphatic carboxylic acids is 1. The molecule has 0 aromatic heterocycles. The lowest BCUT2D eigenvalue weighted by molar-refractivity contribution is -0.137. The number of carboxylic acids is 1. The van der Waals surface area contributed by atoms with Crippen LogP contribution < -0.4 is 5.32 Å². The molecule has 0 saturated heterocycles. The third kappa shape index (κ3) is 4.69. The quantitative estimate of drug-likeness (QED) is 0.832. The van der Waals surface area contributed by atoms with Crippen LogP contribution in [0.15, 0.2) is 24.3 Å². The van der Waals surface area contributed by atoms with Crippen LogP contribution in [0.25, 0.3) is 0 Å². The molecule has 0 fully saturated rings. The van der Waals surface area contributed by atoms with Gasteiger partial charge in [-0.15, -0.1) is 0 Å². The highest BCUT2D eigenvalue weighted by atomic mass is 19.1. The van der Waals surface area contributed by atoms with E-state index >= 15 is 0 Å². The Bertz CT molecular complexity index is 445. The molecule has 2 atom stereocenters. The van der Waals surface area contributed by atoms with Gasteiger partial charge < -0.3 is 10.4 Å². The number of halogens is 1. The molecular weight excluding hydrogens is 249 g/mol. The first-order valence-corrected chi connectivity index (χ1v) is 6.21. The molecule has 0 radical (unpaired) electrons. The highest BCUT2D eigenvalue weighted by Gasteiger charge is 2.20. The predicted octanol–water partition coefficient (Wildman–Crippen LogP) is 2.50. The fraction of sp³-hybridized carbons (Fsp3) is 0.429. The Morgan fingerprint density at radius 3 is 2.37 bits per heavy atom. The molecule has 2 N–H and O–H groups in total. The van der Waals surface area contributed by atoms with Crippen LogP contribution in [0, 0.1) is 11.7 Å². The Labute approximate surface area is 111 Å². The van der Waals surface area contributed by atoms with Crippen LogP contribution in [0.4, 0.5) is 4.39 Å². The van der Waals surface area contributed by atoms with Crippen molar-refractivity contribution in [3.05, 3.63) is 35.6 Å². The average Bonchev–Trinajstić information content (AvgIpc) is 2.37. The topological polar surface area (TPSA) is 66.4 Å². The van der Waals surface area contributed by atoms with Gasteiger partial charge in [-0.2, -0.15) is 0 Å². The van der Waals surface area contributed by atoms with E-state index in [1.807, 2.05) is 6.92 Å². The monoisotopic (exact) mass is 267 g/mol. The van der Waals surface area contributed by atoms with Crippen LogP contribution in [0.1, 0.15) is 38.3 Å². The molecule has 0 heterocycles. The van der Waals surface area contributed by atoms with Crippen molar-refractivity contribution in [2.45, 2.75) is 32.7 Å². The second kappa shape index (κ2) is 6.87. The normalized spacial score (nSPS) is 13.6. The van der Waals surface area contributed by atoms with Crippen molar-refractivity contribution in [2.24, 2.45) is 5.92 Å². The number of hydrogen-bond acceptors (Lipinski definition) is 2. The maximum Gasteiger partial charge on any atom is 0.305 e. The lowest BCUT2D eigenvalue weighted by Gasteiger charge is -2.19. The molecule has 0 aliphatic heterocycles. The molecular formula is C14H18FNO3. The minimum absolute atomic E-state index is 0.184. The third-order valence-electron chi connectivity index (χ3n) is 3.03. The fourth-order valence-corrected chi connectivity index (χ4v) is 1.62. The highest BCUT2D eigenvalue weighted by molar-refractivity contribution is 5.79. The molecule has 2 unspecified atom stereocenters. The molecule has 0 aliphatic rings. The zero-order valence-corrected chi connectivity index (χ0v) is 11.0. The van der Waals surface area contributed by atoms with Gasteiger partial charge >= 0.3 is 5.97 Å². The van der Waals surface area contributed by atoms with Gasteiger partial charge in [0.2, 0.25) is 5.91 Å². The van der Waals surface area contributed by atoms with Gasteiger partial charge in [0, 0.05) is 5.92 Å². The summed E-state index contributed by atoms with van der Waals surface area (Å²) in [5.74, 6) is -1.79. The largest absolute Gasteiger partial charge is 0.481 e. The summed E-state index contributed by atoms with van der Waals surface area (Å²) in [5, 5.41) is 11.6. The van der Waals surface area contributed by atoms with Crippen molar-refractivity contribution in [1.82, 2.24) is 5.32 Å². The zero-order chi connectivity index (χ0) is 14.4. The van der Waals surface area contributed by atoms with Gasteiger partial charge in [0.1, 0.15) is 5.82 Å². The Hall–Kier alpha value is -1.91. The number of amides is 1. The van der Waals surface area contributed by atoms with Crippen LogP contribution >= 0.6 is 0 Å². The second-order valence-corrected chi connectivity index (χ2v) is 4.52. The number of hydrogen-bond donors (Lipinski definition) is 2. The maximum absolute atomic E-state index is 12.9. The third-order valence-corrected chi connectivity index (χ3v) is 3.03. The van der Waals surface area contributed by atoms with Crippen molar-refractivity contribution in [1.29, 1.82) is 0 Å². The number of carboxylic acid groups (broad SMARTS) is 1. The molecule has 1 rings (SSSR count). The van der Waals surface area contributed by atoms with Crippen molar-refractivity contribution < 1.29 is 19.1 Å². The van der Waals surface area contributed by atoms with Gasteiger partial charge in [0.25, 0.3) is 0 Å². The Morgan fingerprint density at radius 2 is 1.89 bits per heavy atom. The summed E-state index contributed by atoms with van der Waals surface area (Å²) >= 11 is 0. The van der Waals surface area contributed by atoms with E-state index in [1.54, 1.807) is 6.92 Å². The lowest BCUT2D eigenvalue weighted by Crippen LogP contribution is -2.33. The molecule has 19 heavy (non-hydrogen) atoms. The van der Waals surface area contributed by atoms with E-state index in [2.05, 4.69) is 5.32 Å². The summed E-state index contributed by atoms with van der Waals surface area (Å²) < 4.78 is 12.9. The van der Waals surface area contributed by atoms with E-state index < -0.39 is 17.8 Å². The van der Waals surface area contributed by atoms with Crippen molar-refractivity contribution in [2.75, 3.05) is 0 Å². The van der Waals surface area contributed by atoms with E-state index in [0.29, 0.717) is 12.0 Å². The summed E-state index contributed by atoms with van der Waals surface area (Å²) in [4.78, 5) is 22.7. The molecule has 1 aromatic carbocycles. The van der Waals surface area contributed by atoms with Crippen LogP contribution in [-0.4, -0.2) is 17.0 Å². The molecule has 0 spiro atoms. The molecule has 0 aliphatic carbocycles. The van der Waals surface area contributed by atoms with E-state index in [9.17, 15) is 14.0 Å². The van der Waals surface area contributed by atoms with Crippen molar-refractivity contribution in [3.8, 4) is 0 Å². The van der Waals surface area contributed by atoms with E-state index in [0.717, 1.165) is 0 Å². The Morgan fingerprint density at radius 1 is 1.32 bits per heavy atom. The van der Waals surface area contributed by atoms with E-state index in [-0.39, 0.29) is 18.2 Å². The predicted molar refractivity (Wildman–Crippen MR) is 69.0 cm³/mol. The minimum atomic E-state index is -1.02. The maximum atomic E-state index is 12.9. The van der Waals surface area contributed by atoms with Gasteiger partial charge in [-0.3, -0.25) is 9.59 Å². The smallest absolute Gasteiger partial charge is 0.305 e. The van der Waals surface area contributed by atoms with Gasteiger partial charge in [0.15, 0.2) is 0 Å². The van der Waals surface area contributed by atoms with Crippen molar-refractivity contribution in [3.63, 3.8) is 0 Å². The number of carbonyl (C=O) groups excluding carboxylic acids is 1. The molecule has 104 valence electrons. The number of carbonyl (C=O) groups is 2. The van der Waals surface area contributed by atoms with Gasteiger partial charge in [0.05, 0.1) is 12.5 Å². The summed E-state index contributed by atoms with van der Waals surface area (Å²) in [5.41, 5.74) is 0.584. The molecule has 4 nitrogen and oxygen atoms in total. The average molecular weight is 267 g/mol. The summed E-state index contributed by atoms with van der Waals surface area (Å²) in [6, 6.07) is 4.83. The van der Waals surface area contributed by atoms with Crippen LogP contribution in [0.3, 0.4) is 0 Å². The van der Waals surface area contributed by atoms with Gasteiger partial charge in [-0.1, -0.05) is 26.0 Å². The number of nitrogens with one attached hydrogen (secondary N) is 1. The molecule has 1 aromatic rings. The van der Waals surface area contributed by atoms with Crippen LogP contribution in [0.5, 0.6) is 0 Å². The molecule has 0 saturated carbocycles. The SMILES string of the molecule is CCC(C)C(=O)NC(CC(=O)O)c1ccc(F)cc1. The second-order valence-electron chi connectivity index (χ2n) is 4.52. The molecule has 1 amide bonds. The number of rotatable bonds is 6. The highest BCUT2D eigenvalue weighted by Crippen LogP contribution is 2.18. The summed E-state index contributed by atoms with van der Waals surface area (Å²) in [6.45, 7) is 3.66. The Balaban J connectivity index is 2.85. The summed E-state index contributed by atoms with van der Waals surface area (Å²) in [6.07, 6.45) is 0.447. The first-order valence-electron chi connectivity index (χ1n) is 6.21. The van der Waals surface area contributed by atoms with E-state index in [1.165, 1.54) is 24.3 Å². The first kappa shape index (κ1) is 15.1. The summed E-state index contributed by atoms with van der Waals surface area (Å²) in [7, 11) is 0. The molecule has 5 heteroatoms. The van der Waals surface area contributed by atoms with Crippen molar-refractivity contribution >= 4 is 11.9 Å². The van der Waals surface area contributed by atoms with E-state index in [4.69, 9.17) is 5.11 Å². The fourth-order valence-electron chi connectivity index (χ4n) is 1.62. The van der Waals surface area contributed by atoms with Crippen LogP contribution in [0.2, 0.25) is 0 Å². The minimum Gasteiger partial charge on any atom is -0.481 e. The molecule has 0 bridgehead atoms.